The fourth-order valence-corrected chi connectivity index (χ4v) is 3.46. The first-order valence-corrected chi connectivity index (χ1v) is 10.2. The second-order valence-electron chi connectivity index (χ2n) is 8.07. The molecule has 0 bridgehead atoms. The third-order valence-corrected chi connectivity index (χ3v) is 4.97. The third-order valence-electron chi connectivity index (χ3n) is 4.97. The number of halogens is 3. The number of carbonyl (C=O) groups is 1. The molecule has 4 nitrogen and oxygen atoms in total. The molecular formula is C24H26F3N3O. The molecule has 0 aliphatic rings. The average Bonchev–Trinajstić information content (AvgIpc) is 3.13. The van der Waals surface area contributed by atoms with Gasteiger partial charge in [-0.3, -0.25) is 4.79 Å². The summed E-state index contributed by atoms with van der Waals surface area (Å²) in [6.07, 6.45) is -1.23. The van der Waals surface area contributed by atoms with Gasteiger partial charge >= 0.3 is 6.18 Å². The fourth-order valence-electron chi connectivity index (χ4n) is 3.46. The van der Waals surface area contributed by atoms with Gasteiger partial charge in [-0.15, -0.1) is 0 Å². The molecule has 3 aromatic rings. The van der Waals surface area contributed by atoms with E-state index in [2.05, 4.69) is 4.98 Å². The summed E-state index contributed by atoms with van der Waals surface area (Å²) in [6, 6.07) is 12.9. The van der Waals surface area contributed by atoms with Crippen LogP contribution in [0.25, 0.3) is 0 Å². The van der Waals surface area contributed by atoms with Gasteiger partial charge in [0.25, 0.3) is 5.91 Å². The predicted octanol–water partition coefficient (Wildman–Crippen LogP) is 5.56. The van der Waals surface area contributed by atoms with E-state index >= 15 is 0 Å². The molecule has 0 aliphatic heterocycles. The molecule has 0 fully saturated rings. The summed E-state index contributed by atoms with van der Waals surface area (Å²) in [4.78, 5) is 19.1. The minimum absolute atomic E-state index is 0.0270. The van der Waals surface area contributed by atoms with E-state index < -0.39 is 11.7 Å². The maximum absolute atomic E-state index is 13.4. The number of benzene rings is 2. The largest absolute Gasteiger partial charge is 0.416 e. The lowest BCUT2D eigenvalue weighted by molar-refractivity contribution is -0.138. The van der Waals surface area contributed by atoms with E-state index in [1.165, 1.54) is 12.1 Å². The number of aromatic nitrogens is 2. The van der Waals surface area contributed by atoms with Crippen LogP contribution < -0.4 is 0 Å². The number of rotatable bonds is 7. The van der Waals surface area contributed by atoms with Crippen LogP contribution in [-0.4, -0.2) is 26.9 Å². The van der Waals surface area contributed by atoms with Crippen LogP contribution in [0.1, 0.15) is 46.7 Å². The number of amides is 1. The van der Waals surface area contributed by atoms with Crippen molar-refractivity contribution < 1.29 is 18.0 Å². The molecular weight excluding hydrogens is 403 g/mol. The van der Waals surface area contributed by atoms with E-state index in [0.29, 0.717) is 17.9 Å². The van der Waals surface area contributed by atoms with Crippen molar-refractivity contribution in [3.63, 3.8) is 0 Å². The van der Waals surface area contributed by atoms with Crippen LogP contribution in [-0.2, 0) is 19.3 Å². The molecule has 164 valence electrons. The van der Waals surface area contributed by atoms with Crippen LogP contribution in [0.2, 0.25) is 0 Å². The van der Waals surface area contributed by atoms with Gasteiger partial charge in [-0.05, 0) is 36.6 Å². The van der Waals surface area contributed by atoms with E-state index in [1.54, 1.807) is 40.1 Å². The van der Waals surface area contributed by atoms with E-state index in [9.17, 15) is 18.0 Å². The van der Waals surface area contributed by atoms with E-state index in [1.807, 2.05) is 32.9 Å². The highest BCUT2D eigenvalue weighted by molar-refractivity contribution is 5.94. The number of hydrogen-bond acceptors (Lipinski definition) is 2. The second-order valence-corrected chi connectivity index (χ2v) is 8.07. The molecule has 0 saturated carbocycles. The standard InChI is InChI=1S/C24H26F3N3O/c1-17(2)14-30(23(31)19-10-8-18(3)9-11-19)16-22-28-12-13-29(22)15-20-6-4-5-7-21(20)24(25,26)27/h4-13,17H,14-16H2,1-3H3. The molecule has 1 aromatic heterocycles. The topological polar surface area (TPSA) is 38.1 Å². The van der Waals surface area contributed by atoms with Crippen LogP contribution in [0.15, 0.2) is 60.9 Å². The van der Waals surface area contributed by atoms with Crippen LogP contribution in [0.5, 0.6) is 0 Å². The van der Waals surface area contributed by atoms with Gasteiger partial charge in [-0.25, -0.2) is 4.98 Å². The summed E-state index contributed by atoms with van der Waals surface area (Å²) in [5, 5.41) is 0. The Balaban J connectivity index is 1.86. The van der Waals surface area contributed by atoms with Crippen LogP contribution >= 0.6 is 0 Å². The van der Waals surface area contributed by atoms with Gasteiger partial charge in [0.05, 0.1) is 12.1 Å². The number of carbonyl (C=O) groups excluding carboxylic acids is 1. The molecule has 0 atom stereocenters. The molecule has 2 aromatic carbocycles. The highest BCUT2D eigenvalue weighted by Crippen LogP contribution is 2.32. The van der Waals surface area contributed by atoms with Gasteiger partial charge in [0.15, 0.2) is 0 Å². The first-order valence-electron chi connectivity index (χ1n) is 10.2. The van der Waals surface area contributed by atoms with Gasteiger partial charge in [0, 0.05) is 31.0 Å². The zero-order valence-corrected chi connectivity index (χ0v) is 17.9. The van der Waals surface area contributed by atoms with Crippen molar-refractivity contribution in [3.05, 3.63) is 89.0 Å². The molecule has 1 heterocycles. The second kappa shape index (κ2) is 9.37. The lowest BCUT2D eigenvalue weighted by atomic mass is 10.1. The van der Waals surface area contributed by atoms with Gasteiger partial charge < -0.3 is 9.47 Å². The Morgan fingerprint density at radius 3 is 2.42 bits per heavy atom. The monoisotopic (exact) mass is 429 g/mol. The highest BCUT2D eigenvalue weighted by Gasteiger charge is 2.33. The molecule has 31 heavy (non-hydrogen) atoms. The number of hydrogen-bond donors (Lipinski definition) is 0. The zero-order valence-electron chi connectivity index (χ0n) is 17.9. The Bertz CT molecular complexity index is 1020. The maximum atomic E-state index is 13.4. The van der Waals surface area contributed by atoms with E-state index in [-0.39, 0.29) is 30.5 Å². The minimum Gasteiger partial charge on any atom is -0.331 e. The van der Waals surface area contributed by atoms with E-state index in [0.717, 1.165) is 11.6 Å². The lowest BCUT2D eigenvalue weighted by Gasteiger charge is -2.25. The summed E-state index contributed by atoms with van der Waals surface area (Å²) in [5.41, 5.74) is 1.14. The summed E-state index contributed by atoms with van der Waals surface area (Å²) in [6.45, 7) is 6.74. The number of aryl methyl sites for hydroxylation is 1. The Labute approximate surface area is 180 Å². The summed E-state index contributed by atoms with van der Waals surface area (Å²) < 4.78 is 41.8. The van der Waals surface area contributed by atoms with Crippen LogP contribution in [0.4, 0.5) is 13.2 Å². The quantitative estimate of drug-likeness (QED) is 0.493. The Hall–Kier alpha value is -3.09. The van der Waals surface area contributed by atoms with Crippen LogP contribution in [0, 0.1) is 12.8 Å². The van der Waals surface area contributed by atoms with Gasteiger partial charge in [0.1, 0.15) is 5.82 Å². The molecule has 0 aliphatic carbocycles. The maximum Gasteiger partial charge on any atom is 0.416 e. The minimum atomic E-state index is -4.43. The molecule has 0 radical (unpaired) electrons. The number of imidazole rings is 1. The van der Waals surface area contributed by atoms with Gasteiger partial charge in [-0.1, -0.05) is 49.7 Å². The highest BCUT2D eigenvalue weighted by atomic mass is 19.4. The summed E-state index contributed by atoms with van der Waals surface area (Å²) in [7, 11) is 0. The lowest BCUT2D eigenvalue weighted by Crippen LogP contribution is -2.34. The van der Waals surface area contributed by atoms with Gasteiger partial charge in [-0.2, -0.15) is 13.2 Å². The zero-order chi connectivity index (χ0) is 22.6. The summed E-state index contributed by atoms with van der Waals surface area (Å²) in [5.74, 6) is 0.640. The van der Waals surface area contributed by atoms with Crippen LogP contribution in [0.3, 0.4) is 0 Å². The SMILES string of the molecule is Cc1ccc(C(=O)N(Cc2nccn2Cc2ccccc2C(F)(F)F)CC(C)C)cc1. The van der Waals surface area contributed by atoms with Crippen molar-refractivity contribution in [2.24, 2.45) is 5.92 Å². The molecule has 0 saturated heterocycles. The molecule has 3 rings (SSSR count). The summed E-state index contributed by atoms with van der Waals surface area (Å²) >= 11 is 0. The Morgan fingerprint density at radius 1 is 1.10 bits per heavy atom. The van der Waals surface area contributed by atoms with Crippen molar-refractivity contribution in [2.75, 3.05) is 6.54 Å². The molecule has 0 unspecified atom stereocenters. The van der Waals surface area contributed by atoms with Crippen molar-refractivity contribution in [1.82, 2.24) is 14.5 Å². The fraction of sp³-hybridized carbons (Fsp3) is 0.333. The van der Waals surface area contributed by atoms with Crippen molar-refractivity contribution in [1.29, 1.82) is 0 Å². The van der Waals surface area contributed by atoms with Crippen molar-refractivity contribution in [2.45, 2.75) is 40.0 Å². The third kappa shape index (κ3) is 5.75. The molecule has 7 heteroatoms. The van der Waals surface area contributed by atoms with Crippen molar-refractivity contribution in [3.8, 4) is 0 Å². The smallest absolute Gasteiger partial charge is 0.331 e. The molecule has 1 amide bonds. The Kier molecular flexibility index (Phi) is 6.83. The number of nitrogens with zero attached hydrogens (tertiary/aromatic N) is 3. The normalized spacial score (nSPS) is 11.7. The predicted molar refractivity (Wildman–Crippen MR) is 114 cm³/mol. The van der Waals surface area contributed by atoms with Crippen molar-refractivity contribution >= 4 is 5.91 Å². The first kappa shape index (κ1) is 22.6. The molecule has 0 spiro atoms. The van der Waals surface area contributed by atoms with E-state index in [4.69, 9.17) is 0 Å². The number of alkyl halides is 3. The Morgan fingerprint density at radius 2 is 1.77 bits per heavy atom. The molecule has 0 N–H and O–H groups in total. The van der Waals surface area contributed by atoms with Gasteiger partial charge in [0.2, 0.25) is 0 Å². The average molecular weight is 429 g/mol. The first-order chi connectivity index (χ1) is 14.6.